The molecule has 0 fully saturated rings. The molecule has 0 aliphatic rings. The highest BCUT2D eigenvalue weighted by molar-refractivity contribution is 5.81. The van der Waals surface area contributed by atoms with Crippen LogP contribution in [0.15, 0.2) is 59.4 Å². The zero-order chi connectivity index (χ0) is 20.1. The maximum absolute atomic E-state index is 13.1. The molecular formula is C21H16F3N3O. The number of fused-ring (bicyclic) bond motifs is 1. The summed E-state index contributed by atoms with van der Waals surface area (Å²) in [6.07, 6.45) is -4.47. The summed E-state index contributed by atoms with van der Waals surface area (Å²) in [7, 11) is 0. The van der Waals surface area contributed by atoms with Gasteiger partial charge in [0.25, 0.3) is 5.56 Å². The summed E-state index contributed by atoms with van der Waals surface area (Å²) in [5.41, 5.74) is 3.20. The topological polar surface area (TPSA) is 50.2 Å². The van der Waals surface area contributed by atoms with Gasteiger partial charge in [-0.3, -0.25) is 4.79 Å². The number of hydrogen-bond acceptors (Lipinski definition) is 2. The molecule has 0 radical (unpaired) electrons. The predicted octanol–water partition coefficient (Wildman–Crippen LogP) is 4.99. The number of benzene rings is 2. The summed E-state index contributed by atoms with van der Waals surface area (Å²) in [5.74, 6) is 0. The number of H-pyrrole nitrogens is 1. The molecule has 142 valence electrons. The molecular weight excluding hydrogens is 367 g/mol. The first kappa shape index (κ1) is 18.0. The molecule has 0 amide bonds. The van der Waals surface area contributed by atoms with Gasteiger partial charge in [-0.05, 0) is 31.5 Å². The number of aromatic nitrogens is 3. The minimum Gasteiger partial charge on any atom is -0.306 e. The summed E-state index contributed by atoms with van der Waals surface area (Å²) in [5, 5.41) is 4.49. The molecule has 0 bridgehead atoms. The highest BCUT2D eigenvalue weighted by Gasteiger charge is 2.30. The van der Waals surface area contributed by atoms with Crippen molar-refractivity contribution in [3.63, 3.8) is 0 Å². The predicted molar refractivity (Wildman–Crippen MR) is 101 cm³/mol. The lowest BCUT2D eigenvalue weighted by Gasteiger charge is -2.10. The molecule has 0 unspecified atom stereocenters. The molecule has 2 heterocycles. The van der Waals surface area contributed by atoms with Crippen molar-refractivity contribution in [2.45, 2.75) is 20.0 Å². The Labute approximate surface area is 158 Å². The molecule has 4 nitrogen and oxygen atoms in total. The summed E-state index contributed by atoms with van der Waals surface area (Å²) in [6.45, 7) is 3.77. The van der Waals surface area contributed by atoms with Crippen LogP contribution >= 0.6 is 0 Å². The molecule has 4 aromatic rings. The Hall–Kier alpha value is -3.35. The molecule has 2 aromatic heterocycles. The van der Waals surface area contributed by atoms with Gasteiger partial charge in [0.2, 0.25) is 0 Å². The van der Waals surface area contributed by atoms with Crippen molar-refractivity contribution in [1.29, 1.82) is 0 Å². The second-order valence-corrected chi connectivity index (χ2v) is 6.68. The van der Waals surface area contributed by atoms with Crippen LogP contribution in [0.3, 0.4) is 0 Å². The number of alkyl halides is 3. The van der Waals surface area contributed by atoms with Gasteiger partial charge in [-0.2, -0.15) is 18.3 Å². The molecule has 0 spiro atoms. The Morgan fingerprint density at radius 3 is 2.36 bits per heavy atom. The van der Waals surface area contributed by atoms with Crippen molar-refractivity contribution in [1.82, 2.24) is 14.6 Å². The Bertz CT molecular complexity index is 1230. The van der Waals surface area contributed by atoms with Crippen LogP contribution in [0.4, 0.5) is 13.2 Å². The van der Waals surface area contributed by atoms with Gasteiger partial charge in [0.15, 0.2) is 0 Å². The SMILES string of the molecule is Cc1ccc(-c2c(C)nn3c(-c4cccc(C(F)(F)F)c4)cc(=O)[nH]c23)cc1. The maximum atomic E-state index is 13.1. The highest BCUT2D eigenvalue weighted by Crippen LogP contribution is 2.33. The largest absolute Gasteiger partial charge is 0.416 e. The van der Waals surface area contributed by atoms with Crippen LogP contribution in [0, 0.1) is 13.8 Å². The summed E-state index contributed by atoms with van der Waals surface area (Å²) >= 11 is 0. The van der Waals surface area contributed by atoms with Gasteiger partial charge < -0.3 is 4.98 Å². The molecule has 4 rings (SSSR count). The van der Waals surface area contributed by atoms with Crippen molar-refractivity contribution in [3.05, 3.63) is 81.8 Å². The van der Waals surface area contributed by atoms with Crippen LogP contribution in [-0.2, 0) is 6.18 Å². The minimum absolute atomic E-state index is 0.267. The standard InChI is InChI=1S/C21H16F3N3O/c1-12-6-8-14(9-7-12)19-13(2)26-27-17(11-18(28)25-20(19)27)15-4-3-5-16(10-15)21(22,23)24/h3-11H,1-2H3,(H,25,28). The van der Waals surface area contributed by atoms with E-state index in [4.69, 9.17) is 0 Å². The smallest absolute Gasteiger partial charge is 0.306 e. The quantitative estimate of drug-likeness (QED) is 0.530. The molecule has 0 atom stereocenters. The van der Waals surface area contributed by atoms with E-state index >= 15 is 0 Å². The van der Waals surface area contributed by atoms with Gasteiger partial charge in [0.05, 0.1) is 17.0 Å². The molecule has 7 heteroatoms. The Balaban J connectivity index is 1.99. The van der Waals surface area contributed by atoms with E-state index in [9.17, 15) is 18.0 Å². The molecule has 0 aliphatic heterocycles. The van der Waals surface area contributed by atoms with E-state index in [-0.39, 0.29) is 5.56 Å². The average Bonchev–Trinajstić information content (AvgIpc) is 2.97. The van der Waals surface area contributed by atoms with Gasteiger partial charge in [0.1, 0.15) is 5.65 Å². The van der Waals surface area contributed by atoms with Crippen LogP contribution in [0.5, 0.6) is 0 Å². The lowest BCUT2D eigenvalue weighted by atomic mass is 10.0. The van der Waals surface area contributed by atoms with Crippen LogP contribution < -0.4 is 5.56 Å². The van der Waals surface area contributed by atoms with Crippen LogP contribution in [-0.4, -0.2) is 14.6 Å². The lowest BCUT2D eigenvalue weighted by Crippen LogP contribution is -2.10. The van der Waals surface area contributed by atoms with E-state index in [1.807, 2.05) is 31.2 Å². The van der Waals surface area contributed by atoms with Crippen molar-refractivity contribution < 1.29 is 13.2 Å². The molecule has 0 saturated carbocycles. The number of rotatable bonds is 2. The third-order valence-corrected chi connectivity index (χ3v) is 4.62. The lowest BCUT2D eigenvalue weighted by molar-refractivity contribution is -0.137. The first-order valence-electron chi connectivity index (χ1n) is 8.61. The molecule has 0 aliphatic carbocycles. The van der Waals surface area contributed by atoms with Gasteiger partial charge in [-0.15, -0.1) is 0 Å². The Kier molecular flexibility index (Phi) is 4.10. The van der Waals surface area contributed by atoms with Gasteiger partial charge in [-0.25, -0.2) is 4.52 Å². The number of aromatic amines is 1. The average molecular weight is 383 g/mol. The van der Waals surface area contributed by atoms with Crippen LogP contribution in [0.25, 0.3) is 28.0 Å². The van der Waals surface area contributed by atoms with Crippen molar-refractivity contribution in [3.8, 4) is 22.4 Å². The summed E-state index contributed by atoms with van der Waals surface area (Å²) < 4.78 is 40.8. The Morgan fingerprint density at radius 1 is 0.964 bits per heavy atom. The third kappa shape index (κ3) is 3.09. The maximum Gasteiger partial charge on any atom is 0.416 e. The normalized spacial score (nSPS) is 11.9. The highest BCUT2D eigenvalue weighted by atomic mass is 19.4. The first-order valence-corrected chi connectivity index (χ1v) is 8.61. The molecule has 1 N–H and O–H groups in total. The van der Waals surface area contributed by atoms with Gasteiger partial charge in [0, 0.05) is 17.2 Å². The fourth-order valence-electron chi connectivity index (χ4n) is 3.28. The number of halogens is 3. The number of nitrogens with one attached hydrogen (secondary N) is 1. The Morgan fingerprint density at radius 2 is 1.68 bits per heavy atom. The number of hydrogen-bond donors (Lipinski definition) is 1. The van der Waals surface area contributed by atoms with Crippen molar-refractivity contribution >= 4 is 5.65 Å². The van der Waals surface area contributed by atoms with Crippen molar-refractivity contribution in [2.75, 3.05) is 0 Å². The van der Waals surface area contributed by atoms with Gasteiger partial charge >= 0.3 is 6.18 Å². The molecule has 2 aromatic carbocycles. The molecule has 28 heavy (non-hydrogen) atoms. The van der Waals surface area contributed by atoms with Crippen molar-refractivity contribution in [2.24, 2.45) is 0 Å². The zero-order valence-corrected chi connectivity index (χ0v) is 15.1. The third-order valence-electron chi connectivity index (χ3n) is 4.62. The fraction of sp³-hybridized carbons (Fsp3) is 0.143. The van der Waals surface area contributed by atoms with E-state index in [2.05, 4.69) is 10.1 Å². The second-order valence-electron chi connectivity index (χ2n) is 6.68. The number of nitrogens with zero attached hydrogens (tertiary/aromatic N) is 2. The van der Waals surface area contributed by atoms with Gasteiger partial charge in [-0.1, -0.05) is 42.0 Å². The summed E-state index contributed by atoms with van der Waals surface area (Å²) in [4.78, 5) is 15.1. The van der Waals surface area contributed by atoms with Crippen LogP contribution in [0.2, 0.25) is 0 Å². The summed E-state index contributed by atoms with van der Waals surface area (Å²) in [6, 6.07) is 13.9. The van der Waals surface area contributed by atoms with E-state index in [0.717, 1.165) is 28.8 Å². The van der Waals surface area contributed by atoms with E-state index in [0.29, 0.717) is 17.0 Å². The fourth-order valence-corrected chi connectivity index (χ4v) is 3.28. The van der Waals surface area contributed by atoms with E-state index < -0.39 is 17.3 Å². The monoisotopic (exact) mass is 383 g/mol. The minimum atomic E-state index is -4.47. The second kappa shape index (κ2) is 6.37. The van der Waals surface area contributed by atoms with Crippen LogP contribution in [0.1, 0.15) is 16.8 Å². The first-order chi connectivity index (χ1) is 13.2. The van der Waals surface area contributed by atoms with E-state index in [1.54, 1.807) is 6.92 Å². The zero-order valence-electron chi connectivity index (χ0n) is 15.1. The number of aryl methyl sites for hydroxylation is 2. The molecule has 0 saturated heterocycles. The van der Waals surface area contributed by atoms with E-state index in [1.165, 1.54) is 22.7 Å².